The molecule has 5 rings (SSSR count). The van der Waals surface area contributed by atoms with Crippen LogP contribution >= 0.6 is 0 Å². The van der Waals surface area contributed by atoms with Crippen LogP contribution in [0.4, 0.5) is 5.69 Å². The number of rotatable bonds is 9. The fourth-order valence-electron chi connectivity index (χ4n) is 11.7. The Morgan fingerprint density at radius 2 is 1.55 bits per heavy atom. The Labute approximate surface area is 449 Å². The Kier molecular flexibility index (Phi) is 23.5. The van der Waals surface area contributed by atoms with Crippen molar-refractivity contribution in [3.8, 4) is 0 Å². The number of aliphatic hydroxyl groups is 2. The van der Waals surface area contributed by atoms with E-state index in [1.807, 2.05) is 20.8 Å². The fraction of sp³-hybridized carbons (Fsp3) is 0.724. The van der Waals surface area contributed by atoms with Crippen molar-refractivity contribution >= 4 is 40.9 Å². The molecule has 0 unspecified atom stereocenters. The number of hydrogen-bond acceptors (Lipinski definition) is 16. The highest BCUT2D eigenvalue weighted by molar-refractivity contribution is 6.39. The number of nitrogens with zero attached hydrogens (tertiary/aromatic N) is 2. The maximum Gasteiger partial charge on any atom is 0.338 e. The van der Waals surface area contributed by atoms with E-state index in [2.05, 4.69) is 13.0 Å². The second-order valence-electron chi connectivity index (χ2n) is 22.5. The van der Waals surface area contributed by atoms with Gasteiger partial charge in [-0.3, -0.25) is 29.3 Å². The molecule has 18 nitrogen and oxygen atoms in total. The number of ether oxygens (including phenoxy) is 6. The molecule has 1 aromatic carbocycles. The Morgan fingerprint density at radius 3 is 2.21 bits per heavy atom. The number of piperidine rings is 1. The number of non-ortho nitro benzene ring substituents is 1. The Bertz CT molecular complexity index is 2230. The number of nitro groups is 1. The molecule has 3 fully saturated rings. The van der Waals surface area contributed by atoms with Gasteiger partial charge >= 0.3 is 11.9 Å². The first-order valence-corrected chi connectivity index (χ1v) is 27.6. The molecular weight excluding hydrogens is 981 g/mol. The van der Waals surface area contributed by atoms with Gasteiger partial charge in [-0.15, -0.1) is 0 Å². The molecule has 1 saturated carbocycles. The lowest BCUT2D eigenvalue weighted by Gasteiger charge is -2.42. The van der Waals surface area contributed by atoms with Crippen LogP contribution in [0.2, 0.25) is 0 Å². The molecule has 18 heteroatoms. The van der Waals surface area contributed by atoms with E-state index in [0.717, 1.165) is 31.3 Å². The van der Waals surface area contributed by atoms with E-state index >= 15 is 0 Å². The number of carbonyl (C=O) groups is 6. The Hall–Kier alpha value is -4.72. The lowest BCUT2D eigenvalue weighted by Crippen LogP contribution is -2.61. The van der Waals surface area contributed by atoms with Crippen LogP contribution in [0.15, 0.2) is 47.6 Å². The molecular formula is C58H86N2O16. The van der Waals surface area contributed by atoms with E-state index in [9.17, 15) is 49.1 Å². The van der Waals surface area contributed by atoms with Crippen molar-refractivity contribution in [2.75, 3.05) is 27.9 Å². The zero-order valence-electron chi connectivity index (χ0n) is 46.6. The molecule has 0 radical (unpaired) electrons. The van der Waals surface area contributed by atoms with Gasteiger partial charge in [0.25, 0.3) is 17.4 Å². The van der Waals surface area contributed by atoms with Crippen LogP contribution in [0.1, 0.15) is 162 Å². The number of allylic oxidation sites excluding steroid dienone is 2. The maximum absolute atomic E-state index is 14.6. The van der Waals surface area contributed by atoms with Crippen molar-refractivity contribution in [3.63, 3.8) is 0 Å². The van der Waals surface area contributed by atoms with Crippen LogP contribution in [0, 0.1) is 45.6 Å². The molecule has 3 heterocycles. The van der Waals surface area contributed by atoms with E-state index in [1.54, 1.807) is 34.0 Å². The molecule has 2 saturated heterocycles. The molecule has 1 amide bonds. The zero-order chi connectivity index (χ0) is 56.0. The summed E-state index contributed by atoms with van der Waals surface area (Å²) < 4.78 is 35.7. The van der Waals surface area contributed by atoms with Crippen LogP contribution in [-0.4, -0.2) is 138 Å². The summed E-state index contributed by atoms with van der Waals surface area (Å²) in [6, 6.07) is 3.95. The van der Waals surface area contributed by atoms with Gasteiger partial charge in [-0.2, -0.15) is 0 Å². The number of cyclic esters (lactones) is 1. The van der Waals surface area contributed by atoms with Crippen LogP contribution in [-0.2, 0) is 52.4 Å². The van der Waals surface area contributed by atoms with Gasteiger partial charge in [-0.25, -0.2) is 9.59 Å². The third-order valence-corrected chi connectivity index (χ3v) is 16.7. The lowest BCUT2D eigenvalue weighted by molar-refractivity contribution is -0.384. The molecule has 2 N–H and O–H groups in total. The van der Waals surface area contributed by atoms with Gasteiger partial charge in [0.2, 0.25) is 5.79 Å². The second-order valence-corrected chi connectivity index (χ2v) is 22.5. The fourth-order valence-corrected chi connectivity index (χ4v) is 11.7. The largest absolute Gasteiger partial charge is 0.460 e. The molecule has 76 heavy (non-hydrogen) atoms. The van der Waals surface area contributed by atoms with Crippen molar-refractivity contribution < 1.29 is 72.3 Å². The number of benzene rings is 1. The quantitative estimate of drug-likeness (QED) is 0.0775. The lowest BCUT2D eigenvalue weighted by atomic mass is 9.78. The zero-order valence-corrected chi connectivity index (χ0v) is 46.6. The highest BCUT2D eigenvalue weighted by atomic mass is 16.6. The Balaban J connectivity index is 1.42. The number of esters is 2. The number of fused-ring (bicyclic) bond motifs is 3. The van der Waals surface area contributed by atoms with Gasteiger partial charge in [0.15, 0.2) is 5.78 Å². The number of ketones is 3. The summed E-state index contributed by atoms with van der Waals surface area (Å²) >= 11 is 0. The van der Waals surface area contributed by atoms with Crippen molar-refractivity contribution in [2.24, 2.45) is 35.5 Å². The van der Waals surface area contributed by atoms with Gasteiger partial charge in [0, 0.05) is 70.6 Å². The molecule has 1 aromatic rings. The number of nitro benzene ring substituents is 1. The number of amides is 1. The summed E-state index contributed by atoms with van der Waals surface area (Å²) in [6.07, 6.45) is 6.41. The third kappa shape index (κ3) is 16.2. The summed E-state index contributed by atoms with van der Waals surface area (Å²) in [5.74, 6) is -8.84. The second kappa shape index (κ2) is 28.8. The Morgan fingerprint density at radius 1 is 0.855 bits per heavy atom. The topological polar surface area (TPSA) is 245 Å². The minimum absolute atomic E-state index is 0.0343. The van der Waals surface area contributed by atoms with Gasteiger partial charge in [-0.05, 0) is 132 Å². The van der Waals surface area contributed by atoms with Gasteiger partial charge in [-0.1, -0.05) is 59.6 Å². The number of aliphatic hydroxyl groups excluding tert-OH is 1. The molecule has 424 valence electrons. The minimum Gasteiger partial charge on any atom is -0.460 e. The van der Waals surface area contributed by atoms with Crippen LogP contribution in [0.5, 0.6) is 0 Å². The first kappa shape index (κ1) is 62.1. The molecule has 0 spiro atoms. The predicted molar refractivity (Wildman–Crippen MR) is 282 cm³/mol. The molecule has 15 atom stereocenters. The summed E-state index contributed by atoms with van der Waals surface area (Å²) in [4.78, 5) is 96.4. The van der Waals surface area contributed by atoms with E-state index in [1.165, 1.54) is 43.4 Å². The van der Waals surface area contributed by atoms with Crippen LogP contribution < -0.4 is 0 Å². The standard InChI is InChI=1S/C58H86N2O16/c1-34-16-12-11-13-17-35(2)48(71-8)32-44-25-19-40(7)58(68,76-44)54(64)55(65)59-27-15-14-18-45(59)57(67)75-49(33-46(61)36(3)29-39(6)52(63)53(73-10)51(62)38(5)28-34)37(4)30-41-20-26-47(50(31-41)72-9)74-56(66)42-21-23-43(24-22-42)60(69)70/h17,21-24,29,34,36-38,40-41,44-45,47-50,52-53,63,68H,11-16,18-20,25-28,30-33H2,1-10H3/b35-17?,39-29+/t34-,36-,37-,38-,40-,41+,44+,45+,47-,48+,49+,50-,52-,53+,58-/m1/s1. The van der Waals surface area contributed by atoms with Crippen LogP contribution in [0.3, 0.4) is 0 Å². The van der Waals surface area contributed by atoms with Crippen molar-refractivity contribution in [3.05, 3.63) is 63.2 Å². The monoisotopic (exact) mass is 1070 g/mol. The van der Waals surface area contributed by atoms with E-state index in [-0.39, 0.29) is 60.1 Å². The summed E-state index contributed by atoms with van der Waals surface area (Å²) in [5.41, 5.74) is 1.35. The van der Waals surface area contributed by atoms with Crippen molar-refractivity contribution in [1.29, 1.82) is 0 Å². The van der Waals surface area contributed by atoms with Gasteiger partial charge in [0.1, 0.15) is 36.2 Å². The average Bonchev–Trinajstić information content (AvgIpc) is 3.40. The average molecular weight is 1070 g/mol. The highest BCUT2D eigenvalue weighted by Crippen LogP contribution is 2.38. The number of hydrogen-bond donors (Lipinski definition) is 2. The van der Waals surface area contributed by atoms with Gasteiger partial charge < -0.3 is 43.5 Å². The number of carbonyl (C=O) groups excluding carboxylic acids is 6. The number of Topliss-reactive ketones (excluding diaryl/α,β-unsaturated/α-hetero) is 3. The SMILES string of the molecule is CO[C@H]1C[C@@H]2CC[C@@H](C)[C@@](O)(O2)C(=O)C(=O)N2CCCC[C@H]2C(=O)O[C@H]([C@H](C)C[C@@H]2CC[C@@H](OC(=O)c3ccc([N+](=O)[O-])cc3)[C@H](OC)C2)CC(=O)[C@H](C)/C=C(\C)[C@@H](O)[C@@H](OC)C(=O)[C@H](C)C[C@H](C)CCCCC=C1C. The normalized spacial score (nSPS) is 35.0. The molecule has 2 bridgehead atoms. The minimum atomic E-state index is -2.45. The summed E-state index contributed by atoms with van der Waals surface area (Å²) in [6.45, 7) is 12.8. The molecule has 1 aliphatic carbocycles. The maximum atomic E-state index is 14.6. The van der Waals surface area contributed by atoms with Crippen molar-refractivity contribution in [2.45, 2.75) is 206 Å². The molecule has 0 aromatic heterocycles. The predicted octanol–water partition coefficient (Wildman–Crippen LogP) is 8.40. The van der Waals surface area contributed by atoms with Crippen LogP contribution in [0.25, 0.3) is 0 Å². The summed E-state index contributed by atoms with van der Waals surface area (Å²) in [7, 11) is 4.50. The first-order valence-electron chi connectivity index (χ1n) is 27.6. The molecule has 3 aliphatic heterocycles. The van der Waals surface area contributed by atoms with E-state index in [0.29, 0.717) is 69.8 Å². The third-order valence-electron chi connectivity index (χ3n) is 16.7. The van der Waals surface area contributed by atoms with E-state index < -0.39 is 101 Å². The smallest absolute Gasteiger partial charge is 0.338 e. The first-order chi connectivity index (χ1) is 36.0. The highest BCUT2D eigenvalue weighted by Gasteiger charge is 2.53. The van der Waals surface area contributed by atoms with E-state index in [4.69, 9.17) is 28.4 Å². The molecule has 4 aliphatic rings. The van der Waals surface area contributed by atoms with Gasteiger partial charge in [0.05, 0.1) is 28.8 Å². The summed E-state index contributed by atoms with van der Waals surface area (Å²) in [5, 5.41) is 34.8. The number of methoxy groups -OCH3 is 3. The van der Waals surface area contributed by atoms with Crippen molar-refractivity contribution in [1.82, 2.24) is 4.90 Å².